The first-order chi connectivity index (χ1) is 14.6. The summed E-state index contributed by atoms with van der Waals surface area (Å²) in [6.07, 6.45) is 1.36. The van der Waals surface area contributed by atoms with Crippen molar-refractivity contribution in [1.29, 1.82) is 5.26 Å². The number of nitrogens with one attached hydrogen (secondary N) is 1. The van der Waals surface area contributed by atoms with Crippen molar-refractivity contribution in [2.75, 3.05) is 24.6 Å². The molecule has 3 rings (SSSR count). The zero-order valence-electron chi connectivity index (χ0n) is 17.4. The fourth-order valence-corrected chi connectivity index (χ4v) is 5.83. The van der Waals surface area contributed by atoms with Crippen molar-refractivity contribution in [1.82, 2.24) is 14.7 Å². The van der Waals surface area contributed by atoms with Crippen LogP contribution in [-0.2, 0) is 19.6 Å². The summed E-state index contributed by atoms with van der Waals surface area (Å²) in [4.78, 5) is 34.8. The van der Waals surface area contributed by atoms with Gasteiger partial charge in [-0.25, -0.2) is 22.9 Å². The number of rotatable bonds is 6. The molecule has 10 nitrogen and oxygen atoms in total. The van der Waals surface area contributed by atoms with E-state index in [2.05, 4.69) is 14.7 Å². The Morgan fingerprint density at radius 1 is 1.32 bits per heavy atom. The molecule has 1 fully saturated rings. The molecule has 0 atom stereocenters. The molecule has 0 spiro atoms. The highest BCUT2D eigenvalue weighted by Gasteiger charge is 2.39. The van der Waals surface area contributed by atoms with Gasteiger partial charge >= 0.3 is 5.97 Å². The number of nitrogens with zero attached hydrogens (tertiary/aromatic N) is 4. The zero-order valence-corrected chi connectivity index (χ0v) is 19.1. The van der Waals surface area contributed by atoms with Gasteiger partial charge in [0, 0.05) is 19.3 Å². The summed E-state index contributed by atoms with van der Waals surface area (Å²) < 4.78 is 32.3. The third kappa shape index (κ3) is 4.38. The molecule has 0 radical (unpaired) electrons. The molecule has 2 aromatic heterocycles. The maximum Gasteiger partial charge on any atom is 0.342 e. The molecule has 0 unspecified atom stereocenters. The molecule has 0 aromatic carbocycles. The van der Waals surface area contributed by atoms with Gasteiger partial charge in [0.25, 0.3) is 10.0 Å². The summed E-state index contributed by atoms with van der Waals surface area (Å²) >= 11 is 0.996. The standard InChI is InChI=1S/C19H21N5O5S2/c1-5-29-18(26)15-10(2)21-7-13(6-20)16(15)24-8-14(9-24)17(25)23-31(27,28)19-11(3)22-12(4)30-19/h7,14H,5,8-9H2,1-4H3,(H,23,25). The molecule has 31 heavy (non-hydrogen) atoms. The van der Waals surface area contributed by atoms with Gasteiger partial charge in [0.2, 0.25) is 5.91 Å². The largest absolute Gasteiger partial charge is 0.462 e. The summed E-state index contributed by atoms with van der Waals surface area (Å²) in [7, 11) is -4.02. The minimum absolute atomic E-state index is 0.00986. The number of carbonyl (C=O) groups is 2. The van der Waals surface area contributed by atoms with Crippen LogP contribution in [0.4, 0.5) is 5.69 Å². The van der Waals surface area contributed by atoms with Crippen LogP contribution in [-0.4, -0.2) is 50.0 Å². The van der Waals surface area contributed by atoms with Crippen LogP contribution in [0.2, 0.25) is 0 Å². The molecule has 12 heteroatoms. The molecule has 0 bridgehead atoms. The Morgan fingerprint density at radius 2 is 2.00 bits per heavy atom. The minimum Gasteiger partial charge on any atom is -0.462 e. The Balaban J connectivity index is 1.79. The quantitative estimate of drug-likeness (QED) is 0.630. The Morgan fingerprint density at radius 3 is 2.55 bits per heavy atom. The van der Waals surface area contributed by atoms with Gasteiger partial charge in [-0.05, 0) is 27.7 Å². The highest BCUT2D eigenvalue weighted by molar-refractivity contribution is 7.92. The van der Waals surface area contributed by atoms with Gasteiger partial charge in [-0.1, -0.05) is 0 Å². The topological polar surface area (TPSA) is 142 Å². The van der Waals surface area contributed by atoms with Crippen molar-refractivity contribution in [2.24, 2.45) is 5.92 Å². The van der Waals surface area contributed by atoms with Gasteiger partial charge in [-0.3, -0.25) is 9.78 Å². The third-order valence-corrected chi connectivity index (χ3v) is 7.78. The molecule has 164 valence electrons. The molecule has 1 aliphatic rings. The van der Waals surface area contributed by atoms with E-state index in [1.807, 2.05) is 6.07 Å². The fourth-order valence-electron chi connectivity index (χ4n) is 3.30. The Kier molecular flexibility index (Phi) is 6.28. The number of pyridine rings is 1. The average molecular weight is 464 g/mol. The maximum atomic E-state index is 12.6. The summed E-state index contributed by atoms with van der Waals surface area (Å²) in [5, 5.41) is 10.1. The predicted octanol–water partition coefficient (Wildman–Crippen LogP) is 1.45. The first kappa shape index (κ1) is 22.6. The molecular weight excluding hydrogens is 442 g/mol. The second-order valence-electron chi connectivity index (χ2n) is 6.99. The van der Waals surface area contributed by atoms with Crippen molar-refractivity contribution >= 4 is 38.9 Å². The molecule has 3 heterocycles. The first-order valence-corrected chi connectivity index (χ1v) is 11.7. The molecule has 0 saturated carbocycles. The van der Waals surface area contributed by atoms with Crippen molar-refractivity contribution in [2.45, 2.75) is 31.9 Å². The van der Waals surface area contributed by atoms with Crippen LogP contribution in [0.3, 0.4) is 0 Å². The maximum absolute atomic E-state index is 12.6. The van der Waals surface area contributed by atoms with Crippen LogP contribution in [0.25, 0.3) is 0 Å². The molecule has 0 aliphatic carbocycles. The minimum atomic E-state index is -4.02. The number of sulfonamides is 1. The van der Waals surface area contributed by atoms with Crippen LogP contribution >= 0.6 is 11.3 Å². The van der Waals surface area contributed by atoms with Gasteiger partial charge in [-0.2, -0.15) is 5.26 Å². The van der Waals surface area contributed by atoms with E-state index in [0.717, 1.165) is 11.3 Å². The number of aryl methyl sites for hydroxylation is 3. The number of anilines is 1. The number of nitriles is 1. The number of ether oxygens (including phenoxy) is 1. The van der Waals surface area contributed by atoms with Crippen molar-refractivity contribution in [3.63, 3.8) is 0 Å². The van der Waals surface area contributed by atoms with Crippen LogP contribution in [0.5, 0.6) is 0 Å². The van der Waals surface area contributed by atoms with E-state index in [1.54, 1.807) is 32.6 Å². The highest BCUT2D eigenvalue weighted by atomic mass is 32.2. The van der Waals surface area contributed by atoms with E-state index in [4.69, 9.17) is 4.74 Å². The van der Waals surface area contributed by atoms with E-state index < -0.39 is 27.8 Å². The second kappa shape index (κ2) is 8.60. The molecule has 1 N–H and O–H groups in total. The van der Waals surface area contributed by atoms with E-state index in [-0.39, 0.29) is 35.0 Å². The SMILES string of the molecule is CCOC(=O)c1c(C)ncc(C#N)c1N1CC(C(=O)NS(=O)(=O)c2sc(C)nc2C)C1. The Labute approximate surface area is 183 Å². The van der Waals surface area contributed by atoms with Gasteiger partial charge in [-0.15, -0.1) is 11.3 Å². The molecule has 1 amide bonds. The van der Waals surface area contributed by atoms with Crippen molar-refractivity contribution in [3.05, 3.63) is 33.7 Å². The normalized spacial score (nSPS) is 14.0. The molecular formula is C19H21N5O5S2. The number of hydrogen-bond donors (Lipinski definition) is 1. The van der Waals surface area contributed by atoms with Gasteiger partial charge in [0.15, 0.2) is 4.21 Å². The summed E-state index contributed by atoms with van der Waals surface area (Å²) in [5.74, 6) is -1.88. The van der Waals surface area contributed by atoms with Crippen molar-refractivity contribution in [3.8, 4) is 6.07 Å². The van der Waals surface area contributed by atoms with E-state index >= 15 is 0 Å². The zero-order chi connectivity index (χ0) is 22.9. The number of hydrogen-bond acceptors (Lipinski definition) is 10. The van der Waals surface area contributed by atoms with Crippen molar-refractivity contribution < 1.29 is 22.7 Å². The van der Waals surface area contributed by atoms with E-state index in [1.165, 1.54) is 6.20 Å². The van der Waals surface area contributed by atoms with Gasteiger partial charge < -0.3 is 9.64 Å². The smallest absolute Gasteiger partial charge is 0.342 e. The Hall–Kier alpha value is -3.04. The highest BCUT2D eigenvalue weighted by Crippen LogP contribution is 2.33. The lowest BCUT2D eigenvalue weighted by molar-refractivity contribution is -0.123. The fraction of sp³-hybridized carbons (Fsp3) is 0.421. The Bertz CT molecular complexity index is 1190. The van der Waals surface area contributed by atoms with E-state index in [0.29, 0.717) is 22.1 Å². The molecule has 2 aromatic rings. The summed E-state index contributed by atoms with van der Waals surface area (Å²) in [5.41, 5.74) is 1.43. The monoisotopic (exact) mass is 463 g/mol. The van der Waals surface area contributed by atoms with Crippen LogP contribution in [0.1, 0.15) is 39.2 Å². The van der Waals surface area contributed by atoms with Crippen LogP contribution < -0.4 is 9.62 Å². The van der Waals surface area contributed by atoms with E-state index in [9.17, 15) is 23.3 Å². The number of esters is 1. The number of carbonyl (C=O) groups excluding carboxylic acids is 2. The first-order valence-electron chi connectivity index (χ1n) is 9.41. The second-order valence-corrected chi connectivity index (χ2v) is 10.1. The predicted molar refractivity (Wildman–Crippen MR) is 112 cm³/mol. The van der Waals surface area contributed by atoms with Crippen LogP contribution in [0.15, 0.2) is 10.4 Å². The lowest BCUT2D eigenvalue weighted by atomic mass is 9.95. The van der Waals surface area contributed by atoms with Gasteiger partial charge in [0.1, 0.15) is 11.6 Å². The number of thiazole rings is 1. The molecule has 1 saturated heterocycles. The molecule has 1 aliphatic heterocycles. The lowest BCUT2D eigenvalue weighted by Crippen LogP contribution is -2.55. The number of aromatic nitrogens is 2. The summed E-state index contributed by atoms with van der Waals surface area (Å²) in [6, 6.07) is 2.01. The van der Waals surface area contributed by atoms with Gasteiger partial charge in [0.05, 0.1) is 40.2 Å². The average Bonchev–Trinajstić information content (AvgIpc) is 2.99. The van der Waals surface area contributed by atoms with Crippen LogP contribution in [0, 0.1) is 38.0 Å². The summed E-state index contributed by atoms with van der Waals surface area (Å²) in [6.45, 7) is 7.01. The number of amides is 1. The lowest BCUT2D eigenvalue weighted by Gasteiger charge is -2.41. The third-order valence-electron chi connectivity index (χ3n) is 4.75.